The summed E-state index contributed by atoms with van der Waals surface area (Å²) in [7, 11) is 3.99. The van der Waals surface area contributed by atoms with Gasteiger partial charge < -0.3 is 19.6 Å². The highest BCUT2D eigenvalue weighted by Crippen LogP contribution is 2.11. The molecule has 0 saturated carbocycles. The molecule has 142 valence electrons. The molecule has 0 saturated heterocycles. The number of rotatable bonds is 8. The third-order valence-electron chi connectivity index (χ3n) is 3.97. The summed E-state index contributed by atoms with van der Waals surface area (Å²) in [5.41, 5.74) is 2.31. The van der Waals surface area contributed by atoms with Crippen LogP contribution in [0.4, 0.5) is 4.79 Å². The number of likely N-dealkylation sites (N-methyl/N-ethyl adjacent to an activating group) is 1. The van der Waals surface area contributed by atoms with E-state index in [1.165, 1.54) is 5.56 Å². The zero-order chi connectivity index (χ0) is 19.1. The van der Waals surface area contributed by atoms with Crippen LogP contribution in [-0.4, -0.2) is 53.2 Å². The van der Waals surface area contributed by atoms with Crippen LogP contribution in [0.15, 0.2) is 28.8 Å². The number of nitrogens with one attached hydrogen (secondary N) is 1. The molecule has 0 bridgehead atoms. The van der Waals surface area contributed by atoms with Gasteiger partial charge in [-0.1, -0.05) is 48.8 Å². The summed E-state index contributed by atoms with van der Waals surface area (Å²) >= 11 is 0. The van der Waals surface area contributed by atoms with E-state index in [0.29, 0.717) is 24.8 Å². The Bertz CT molecular complexity index is 694. The Kier molecular flexibility index (Phi) is 7.15. The summed E-state index contributed by atoms with van der Waals surface area (Å²) < 4.78 is 5.17. The number of urea groups is 1. The summed E-state index contributed by atoms with van der Waals surface area (Å²) in [6.45, 7) is 8.26. The van der Waals surface area contributed by atoms with Gasteiger partial charge in [-0.3, -0.25) is 0 Å². The highest BCUT2D eigenvalue weighted by molar-refractivity contribution is 5.74. The molecule has 0 fully saturated rings. The molecule has 0 atom stereocenters. The smallest absolute Gasteiger partial charge is 0.318 e. The lowest BCUT2D eigenvalue weighted by Gasteiger charge is -2.24. The van der Waals surface area contributed by atoms with E-state index in [2.05, 4.69) is 51.5 Å². The Morgan fingerprint density at radius 1 is 1.19 bits per heavy atom. The van der Waals surface area contributed by atoms with Crippen molar-refractivity contribution >= 4 is 6.03 Å². The van der Waals surface area contributed by atoms with E-state index in [0.717, 1.165) is 12.1 Å². The van der Waals surface area contributed by atoms with Crippen molar-refractivity contribution < 1.29 is 9.32 Å². The average Bonchev–Trinajstić information content (AvgIpc) is 3.07. The minimum atomic E-state index is -0.136. The van der Waals surface area contributed by atoms with Crippen LogP contribution in [-0.2, 0) is 13.1 Å². The fourth-order valence-corrected chi connectivity index (χ4v) is 2.33. The van der Waals surface area contributed by atoms with Gasteiger partial charge in [-0.05, 0) is 26.6 Å². The summed E-state index contributed by atoms with van der Waals surface area (Å²) in [5.74, 6) is 1.24. The Balaban J connectivity index is 1.97. The van der Waals surface area contributed by atoms with Crippen molar-refractivity contribution in [1.29, 1.82) is 0 Å². The van der Waals surface area contributed by atoms with E-state index in [1.807, 2.05) is 27.9 Å². The van der Waals surface area contributed by atoms with Gasteiger partial charge in [-0.15, -0.1) is 0 Å². The van der Waals surface area contributed by atoms with Crippen LogP contribution in [0.3, 0.4) is 0 Å². The predicted molar refractivity (Wildman–Crippen MR) is 101 cm³/mol. The van der Waals surface area contributed by atoms with Crippen molar-refractivity contribution in [3.05, 3.63) is 47.1 Å². The minimum Gasteiger partial charge on any atom is -0.339 e. The molecular formula is C19H29N5O2. The van der Waals surface area contributed by atoms with Crippen LogP contribution in [0.5, 0.6) is 0 Å². The zero-order valence-corrected chi connectivity index (χ0v) is 16.3. The highest BCUT2D eigenvalue weighted by Gasteiger charge is 2.16. The molecule has 2 rings (SSSR count). The summed E-state index contributed by atoms with van der Waals surface area (Å²) in [5, 5.41) is 6.80. The van der Waals surface area contributed by atoms with Crippen LogP contribution < -0.4 is 5.32 Å². The lowest BCUT2D eigenvalue weighted by molar-refractivity contribution is 0.188. The number of hydrogen-bond acceptors (Lipinski definition) is 5. The number of carbonyl (C=O) groups is 1. The number of carbonyl (C=O) groups excluding carboxylic acids is 1. The highest BCUT2D eigenvalue weighted by atomic mass is 16.5. The number of nitrogens with zero attached hydrogens (tertiary/aromatic N) is 4. The van der Waals surface area contributed by atoms with Gasteiger partial charge in [0, 0.05) is 25.6 Å². The Labute approximate surface area is 155 Å². The van der Waals surface area contributed by atoms with Crippen LogP contribution in [0, 0.1) is 6.92 Å². The minimum absolute atomic E-state index is 0.136. The van der Waals surface area contributed by atoms with E-state index in [4.69, 9.17) is 4.52 Å². The van der Waals surface area contributed by atoms with E-state index in [-0.39, 0.29) is 18.5 Å². The van der Waals surface area contributed by atoms with E-state index in [9.17, 15) is 4.79 Å². The van der Waals surface area contributed by atoms with Gasteiger partial charge >= 0.3 is 6.03 Å². The van der Waals surface area contributed by atoms with Crippen molar-refractivity contribution in [3.63, 3.8) is 0 Å². The van der Waals surface area contributed by atoms with Crippen molar-refractivity contribution in [3.8, 4) is 0 Å². The van der Waals surface area contributed by atoms with Gasteiger partial charge in [-0.2, -0.15) is 4.98 Å². The first kappa shape index (κ1) is 19.9. The number of amides is 2. The lowest BCUT2D eigenvalue weighted by Crippen LogP contribution is -2.42. The van der Waals surface area contributed by atoms with Crippen molar-refractivity contribution in [2.75, 3.05) is 27.2 Å². The second kappa shape index (κ2) is 9.33. The lowest BCUT2D eigenvalue weighted by atomic mass is 10.1. The van der Waals surface area contributed by atoms with Gasteiger partial charge in [-0.25, -0.2) is 4.79 Å². The molecule has 0 aliphatic heterocycles. The molecule has 0 aliphatic carbocycles. The van der Waals surface area contributed by atoms with E-state index in [1.54, 1.807) is 4.90 Å². The standard InChI is InChI=1S/C19H29N5O2/c1-14(2)18-21-17(22-26-18)12-20-19(25)24(11-10-23(4)5)13-16-8-6-15(3)7-9-16/h6-9,14H,10-13H2,1-5H3,(H,20,25). The summed E-state index contributed by atoms with van der Waals surface area (Å²) in [4.78, 5) is 20.8. The molecule has 0 aliphatic rings. The first-order chi connectivity index (χ1) is 12.3. The molecule has 1 aromatic heterocycles. The molecule has 1 heterocycles. The van der Waals surface area contributed by atoms with Gasteiger partial charge in [0.1, 0.15) is 0 Å². The molecule has 0 radical (unpaired) electrons. The van der Waals surface area contributed by atoms with E-state index >= 15 is 0 Å². The summed E-state index contributed by atoms with van der Waals surface area (Å²) in [6, 6.07) is 8.09. The first-order valence-corrected chi connectivity index (χ1v) is 8.90. The molecule has 1 aromatic carbocycles. The second-order valence-corrected chi connectivity index (χ2v) is 7.07. The van der Waals surface area contributed by atoms with Crippen molar-refractivity contribution in [1.82, 2.24) is 25.3 Å². The molecule has 7 heteroatoms. The largest absolute Gasteiger partial charge is 0.339 e. The maximum Gasteiger partial charge on any atom is 0.318 e. The van der Waals surface area contributed by atoms with Crippen molar-refractivity contribution in [2.45, 2.75) is 39.8 Å². The summed E-state index contributed by atoms with van der Waals surface area (Å²) in [6.07, 6.45) is 0. The molecule has 26 heavy (non-hydrogen) atoms. The normalized spacial score (nSPS) is 11.2. The van der Waals surface area contributed by atoms with Gasteiger partial charge in [0.2, 0.25) is 5.89 Å². The van der Waals surface area contributed by atoms with Crippen molar-refractivity contribution in [2.24, 2.45) is 0 Å². The number of aromatic nitrogens is 2. The third-order valence-corrected chi connectivity index (χ3v) is 3.97. The molecule has 2 aromatic rings. The zero-order valence-electron chi connectivity index (χ0n) is 16.3. The number of hydrogen-bond donors (Lipinski definition) is 1. The van der Waals surface area contributed by atoms with Crippen LogP contribution in [0.25, 0.3) is 0 Å². The quantitative estimate of drug-likeness (QED) is 0.784. The number of aryl methyl sites for hydroxylation is 1. The maximum atomic E-state index is 12.7. The fourth-order valence-electron chi connectivity index (χ4n) is 2.33. The topological polar surface area (TPSA) is 74.5 Å². The molecule has 2 amide bonds. The first-order valence-electron chi connectivity index (χ1n) is 8.90. The second-order valence-electron chi connectivity index (χ2n) is 7.07. The Morgan fingerprint density at radius 2 is 1.88 bits per heavy atom. The molecular weight excluding hydrogens is 330 g/mol. The Morgan fingerprint density at radius 3 is 2.46 bits per heavy atom. The van der Waals surface area contributed by atoms with Crippen LogP contribution in [0.1, 0.15) is 42.6 Å². The van der Waals surface area contributed by atoms with Gasteiger partial charge in [0.15, 0.2) is 5.82 Å². The Hall–Kier alpha value is -2.41. The van der Waals surface area contributed by atoms with Gasteiger partial charge in [0.05, 0.1) is 6.54 Å². The molecule has 1 N–H and O–H groups in total. The SMILES string of the molecule is Cc1ccc(CN(CCN(C)C)C(=O)NCc2noc(C(C)C)n2)cc1. The molecule has 0 spiro atoms. The van der Waals surface area contributed by atoms with Gasteiger partial charge in [0.25, 0.3) is 0 Å². The maximum absolute atomic E-state index is 12.7. The molecule has 0 unspecified atom stereocenters. The predicted octanol–water partition coefficient (Wildman–Crippen LogP) is 2.77. The monoisotopic (exact) mass is 359 g/mol. The van der Waals surface area contributed by atoms with E-state index < -0.39 is 0 Å². The van der Waals surface area contributed by atoms with Crippen LogP contribution >= 0.6 is 0 Å². The molecule has 7 nitrogen and oxygen atoms in total. The number of benzene rings is 1. The van der Waals surface area contributed by atoms with Crippen LogP contribution in [0.2, 0.25) is 0 Å². The fraction of sp³-hybridized carbons (Fsp3) is 0.526. The third kappa shape index (κ3) is 6.15. The average molecular weight is 359 g/mol.